The molecule has 1 aliphatic carbocycles. The quantitative estimate of drug-likeness (QED) is 0.800. The van der Waals surface area contributed by atoms with Crippen LogP contribution in [0.4, 0.5) is 5.00 Å². The standard InChI is InChI=1S/C18H19BrN2O2S/c1-10-6-7-13-14(8-10)24-18(15(13)17(23)20-2)21-16(22)11-4-3-5-12(19)9-11/h3-5,9-10H,6-8H2,1-2H3,(H,20,23)(H,21,22)/t10-/m1/s1. The minimum absolute atomic E-state index is 0.133. The Labute approximate surface area is 153 Å². The lowest BCUT2D eigenvalue weighted by atomic mass is 9.88. The molecule has 2 N–H and O–H groups in total. The number of hydrogen-bond acceptors (Lipinski definition) is 3. The summed E-state index contributed by atoms with van der Waals surface area (Å²) in [5.74, 6) is 0.280. The molecule has 0 saturated carbocycles. The van der Waals surface area contributed by atoms with Gasteiger partial charge in [0.05, 0.1) is 5.56 Å². The number of halogens is 1. The van der Waals surface area contributed by atoms with Crippen molar-refractivity contribution >= 4 is 44.1 Å². The zero-order chi connectivity index (χ0) is 17.3. The molecular formula is C18H19BrN2O2S. The number of amides is 2. The number of carbonyl (C=O) groups excluding carboxylic acids is 2. The molecule has 24 heavy (non-hydrogen) atoms. The Morgan fingerprint density at radius 1 is 1.29 bits per heavy atom. The molecule has 3 rings (SSSR count). The lowest BCUT2D eigenvalue weighted by molar-refractivity contribution is 0.0963. The highest BCUT2D eigenvalue weighted by Gasteiger charge is 2.28. The Hall–Kier alpha value is -1.66. The van der Waals surface area contributed by atoms with Crippen molar-refractivity contribution in [2.45, 2.75) is 26.2 Å². The van der Waals surface area contributed by atoms with Crippen molar-refractivity contribution in [1.29, 1.82) is 0 Å². The van der Waals surface area contributed by atoms with Gasteiger partial charge in [0, 0.05) is 22.0 Å². The van der Waals surface area contributed by atoms with Crippen LogP contribution in [-0.2, 0) is 12.8 Å². The van der Waals surface area contributed by atoms with Crippen molar-refractivity contribution in [3.05, 3.63) is 50.3 Å². The maximum Gasteiger partial charge on any atom is 0.256 e. The van der Waals surface area contributed by atoms with Crippen LogP contribution >= 0.6 is 27.3 Å². The van der Waals surface area contributed by atoms with E-state index in [4.69, 9.17) is 0 Å². The average Bonchev–Trinajstić information content (AvgIpc) is 2.90. The highest BCUT2D eigenvalue weighted by molar-refractivity contribution is 9.10. The molecule has 4 nitrogen and oxygen atoms in total. The van der Waals surface area contributed by atoms with Crippen LogP contribution in [-0.4, -0.2) is 18.9 Å². The molecule has 1 aromatic carbocycles. The average molecular weight is 407 g/mol. The molecular weight excluding hydrogens is 388 g/mol. The summed E-state index contributed by atoms with van der Waals surface area (Å²) in [6.45, 7) is 2.22. The predicted octanol–water partition coefficient (Wildman–Crippen LogP) is 4.25. The number of anilines is 1. The van der Waals surface area contributed by atoms with Gasteiger partial charge >= 0.3 is 0 Å². The second-order valence-corrected chi connectivity index (χ2v) is 8.12. The summed E-state index contributed by atoms with van der Waals surface area (Å²) in [7, 11) is 1.62. The number of thiophene rings is 1. The Morgan fingerprint density at radius 3 is 2.79 bits per heavy atom. The van der Waals surface area contributed by atoms with E-state index < -0.39 is 0 Å². The number of hydrogen-bond donors (Lipinski definition) is 2. The molecule has 0 fully saturated rings. The van der Waals surface area contributed by atoms with Crippen LogP contribution in [0.2, 0.25) is 0 Å². The molecule has 1 aliphatic rings. The molecule has 126 valence electrons. The van der Waals surface area contributed by atoms with Crippen LogP contribution in [0.5, 0.6) is 0 Å². The number of carbonyl (C=O) groups is 2. The van der Waals surface area contributed by atoms with Gasteiger partial charge in [-0.25, -0.2) is 0 Å². The van der Waals surface area contributed by atoms with E-state index in [2.05, 4.69) is 33.5 Å². The number of fused-ring (bicyclic) bond motifs is 1. The van der Waals surface area contributed by atoms with E-state index in [9.17, 15) is 9.59 Å². The van der Waals surface area contributed by atoms with Gasteiger partial charge in [0.1, 0.15) is 5.00 Å². The second kappa shape index (κ2) is 7.07. The molecule has 1 heterocycles. The van der Waals surface area contributed by atoms with Crippen molar-refractivity contribution in [2.24, 2.45) is 5.92 Å². The molecule has 0 bridgehead atoms. The summed E-state index contributed by atoms with van der Waals surface area (Å²) in [4.78, 5) is 26.1. The molecule has 0 spiro atoms. The van der Waals surface area contributed by atoms with E-state index >= 15 is 0 Å². The van der Waals surface area contributed by atoms with Crippen molar-refractivity contribution in [2.75, 3.05) is 12.4 Å². The van der Waals surface area contributed by atoms with E-state index in [0.29, 0.717) is 22.0 Å². The highest BCUT2D eigenvalue weighted by Crippen LogP contribution is 2.39. The first-order valence-corrected chi connectivity index (χ1v) is 9.54. The Morgan fingerprint density at radius 2 is 2.08 bits per heavy atom. The monoisotopic (exact) mass is 406 g/mol. The normalized spacial score (nSPS) is 16.4. The van der Waals surface area contributed by atoms with Gasteiger partial charge in [0.25, 0.3) is 11.8 Å². The maximum atomic E-state index is 12.5. The Kier molecular flexibility index (Phi) is 5.06. The Bertz CT molecular complexity index is 800. The van der Waals surface area contributed by atoms with Crippen LogP contribution in [0.25, 0.3) is 0 Å². The zero-order valence-electron chi connectivity index (χ0n) is 13.6. The molecule has 1 atom stereocenters. The van der Waals surface area contributed by atoms with Crippen LogP contribution < -0.4 is 10.6 Å². The smallest absolute Gasteiger partial charge is 0.256 e. The first-order chi connectivity index (χ1) is 11.5. The van der Waals surface area contributed by atoms with Crippen LogP contribution in [0.15, 0.2) is 28.7 Å². The fourth-order valence-corrected chi connectivity index (χ4v) is 4.81. The first-order valence-electron chi connectivity index (χ1n) is 7.93. The topological polar surface area (TPSA) is 58.2 Å². The fraction of sp³-hybridized carbons (Fsp3) is 0.333. The van der Waals surface area contributed by atoms with Crippen molar-refractivity contribution < 1.29 is 9.59 Å². The summed E-state index contributed by atoms with van der Waals surface area (Å²) in [6, 6.07) is 7.22. The van der Waals surface area contributed by atoms with E-state index in [0.717, 1.165) is 29.3 Å². The van der Waals surface area contributed by atoms with E-state index in [1.165, 1.54) is 16.2 Å². The maximum absolute atomic E-state index is 12.5. The summed E-state index contributed by atoms with van der Waals surface area (Å²) < 4.78 is 0.848. The number of nitrogens with one attached hydrogen (secondary N) is 2. The second-order valence-electron chi connectivity index (χ2n) is 6.10. The summed E-state index contributed by atoms with van der Waals surface area (Å²) in [5, 5.41) is 6.29. The molecule has 0 unspecified atom stereocenters. The third-order valence-electron chi connectivity index (χ3n) is 4.28. The van der Waals surface area contributed by atoms with Gasteiger partial charge in [0.15, 0.2) is 0 Å². The van der Waals surface area contributed by atoms with Gasteiger partial charge < -0.3 is 10.6 Å². The van der Waals surface area contributed by atoms with Gasteiger partial charge in [-0.05, 0) is 48.9 Å². The molecule has 1 aromatic heterocycles. The molecule has 0 aliphatic heterocycles. The largest absolute Gasteiger partial charge is 0.355 e. The molecule has 0 saturated heterocycles. The van der Waals surface area contributed by atoms with Gasteiger partial charge in [-0.15, -0.1) is 11.3 Å². The molecule has 6 heteroatoms. The third-order valence-corrected chi connectivity index (χ3v) is 5.94. The van der Waals surface area contributed by atoms with Gasteiger partial charge in [-0.3, -0.25) is 9.59 Å². The third kappa shape index (κ3) is 3.39. The molecule has 2 aromatic rings. The van der Waals surface area contributed by atoms with E-state index in [-0.39, 0.29) is 11.8 Å². The van der Waals surface area contributed by atoms with Crippen molar-refractivity contribution in [3.63, 3.8) is 0 Å². The zero-order valence-corrected chi connectivity index (χ0v) is 16.0. The lowest BCUT2D eigenvalue weighted by Gasteiger charge is -2.18. The summed E-state index contributed by atoms with van der Waals surface area (Å²) in [5.41, 5.74) is 2.29. The molecule has 2 amide bonds. The summed E-state index contributed by atoms with van der Waals surface area (Å²) >= 11 is 4.91. The van der Waals surface area contributed by atoms with Crippen LogP contribution in [0, 0.1) is 5.92 Å². The van der Waals surface area contributed by atoms with E-state index in [1.807, 2.05) is 12.1 Å². The minimum Gasteiger partial charge on any atom is -0.355 e. The van der Waals surface area contributed by atoms with E-state index in [1.54, 1.807) is 19.2 Å². The van der Waals surface area contributed by atoms with Crippen molar-refractivity contribution in [1.82, 2.24) is 5.32 Å². The molecule has 0 radical (unpaired) electrons. The number of benzene rings is 1. The van der Waals surface area contributed by atoms with Crippen LogP contribution in [0.1, 0.15) is 44.5 Å². The summed E-state index contributed by atoms with van der Waals surface area (Å²) in [6.07, 6.45) is 2.94. The highest BCUT2D eigenvalue weighted by atomic mass is 79.9. The Balaban J connectivity index is 1.95. The lowest BCUT2D eigenvalue weighted by Crippen LogP contribution is -2.22. The van der Waals surface area contributed by atoms with Crippen LogP contribution in [0.3, 0.4) is 0 Å². The number of rotatable bonds is 3. The van der Waals surface area contributed by atoms with Gasteiger partial charge in [-0.1, -0.05) is 28.9 Å². The fourth-order valence-electron chi connectivity index (χ4n) is 3.01. The van der Waals surface area contributed by atoms with Gasteiger partial charge in [-0.2, -0.15) is 0 Å². The van der Waals surface area contributed by atoms with Crippen molar-refractivity contribution in [3.8, 4) is 0 Å². The predicted molar refractivity (Wildman–Crippen MR) is 101 cm³/mol. The van der Waals surface area contributed by atoms with Gasteiger partial charge in [0.2, 0.25) is 0 Å². The minimum atomic E-state index is -0.201. The SMILES string of the molecule is CNC(=O)c1c(NC(=O)c2cccc(Br)c2)sc2c1CC[C@@H](C)C2. The first kappa shape index (κ1) is 17.2.